The lowest BCUT2D eigenvalue weighted by atomic mass is 10.2. The standard InChI is InChI=1S/C20H16F2N6O2/c21-15-6-7-18(16(22)10-15)30-13-27-9-8-17(25-27)19(29)24-20-23-12-28(26-20)11-14-4-2-1-3-5-14/h1-10,12H,11,13H2,(H,24,26,29). The Hall–Kier alpha value is -4.08. The van der Waals surface area contributed by atoms with Crippen molar-refractivity contribution >= 4 is 11.9 Å². The monoisotopic (exact) mass is 410 g/mol. The number of hydrogen-bond donors (Lipinski definition) is 1. The summed E-state index contributed by atoms with van der Waals surface area (Å²) in [5.41, 5.74) is 1.16. The Labute approximate surface area is 169 Å². The third-order valence-electron chi connectivity index (χ3n) is 4.07. The highest BCUT2D eigenvalue weighted by molar-refractivity contribution is 6.01. The predicted octanol–water partition coefficient (Wildman–Crippen LogP) is 3.09. The van der Waals surface area contributed by atoms with Crippen molar-refractivity contribution in [3.63, 3.8) is 0 Å². The molecule has 0 radical (unpaired) electrons. The Morgan fingerprint density at radius 2 is 1.87 bits per heavy atom. The molecule has 4 aromatic rings. The average Bonchev–Trinajstić information content (AvgIpc) is 3.38. The van der Waals surface area contributed by atoms with E-state index >= 15 is 0 Å². The molecular formula is C20H16F2N6O2. The molecule has 30 heavy (non-hydrogen) atoms. The number of aromatic nitrogens is 5. The minimum atomic E-state index is -0.822. The Kier molecular flexibility index (Phi) is 5.46. The van der Waals surface area contributed by atoms with E-state index in [2.05, 4.69) is 20.5 Å². The maximum absolute atomic E-state index is 13.6. The van der Waals surface area contributed by atoms with Crippen molar-refractivity contribution in [1.82, 2.24) is 24.5 Å². The van der Waals surface area contributed by atoms with E-state index in [1.807, 2.05) is 30.3 Å². The summed E-state index contributed by atoms with van der Waals surface area (Å²) in [6.45, 7) is 0.370. The molecule has 152 valence electrons. The molecule has 0 aliphatic heterocycles. The minimum absolute atomic E-state index is 0.109. The fourth-order valence-electron chi connectivity index (χ4n) is 2.65. The van der Waals surface area contributed by atoms with Gasteiger partial charge in [0.25, 0.3) is 5.91 Å². The van der Waals surface area contributed by atoms with Crippen LogP contribution in [0.2, 0.25) is 0 Å². The van der Waals surface area contributed by atoms with Gasteiger partial charge in [0.15, 0.2) is 24.0 Å². The van der Waals surface area contributed by atoms with E-state index in [1.54, 1.807) is 4.68 Å². The van der Waals surface area contributed by atoms with Crippen molar-refractivity contribution in [2.45, 2.75) is 13.3 Å². The number of carbonyl (C=O) groups excluding carboxylic acids is 1. The highest BCUT2D eigenvalue weighted by Crippen LogP contribution is 2.18. The largest absolute Gasteiger partial charge is 0.468 e. The van der Waals surface area contributed by atoms with E-state index in [4.69, 9.17) is 4.74 Å². The van der Waals surface area contributed by atoms with Gasteiger partial charge >= 0.3 is 0 Å². The summed E-state index contributed by atoms with van der Waals surface area (Å²) < 4.78 is 34.7. The van der Waals surface area contributed by atoms with Crippen LogP contribution in [0.25, 0.3) is 0 Å². The first-order valence-corrected chi connectivity index (χ1v) is 8.93. The summed E-state index contributed by atoms with van der Waals surface area (Å²) in [4.78, 5) is 16.4. The van der Waals surface area contributed by atoms with Crippen molar-refractivity contribution in [2.75, 3.05) is 5.32 Å². The normalized spacial score (nSPS) is 10.7. The summed E-state index contributed by atoms with van der Waals surface area (Å²) in [5.74, 6) is -1.99. The third kappa shape index (κ3) is 4.66. The molecule has 0 atom stereocenters. The van der Waals surface area contributed by atoms with Gasteiger partial charge in [-0.05, 0) is 23.8 Å². The fraction of sp³-hybridized carbons (Fsp3) is 0.100. The molecule has 1 amide bonds. The van der Waals surface area contributed by atoms with E-state index in [1.165, 1.54) is 29.3 Å². The Balaban J connectivity index is 1.34. The number of halogens is 2. The fourth-order valence-corrected chi connectivity index (χ4v) is 2.65. The van der Waals surface area contributed by atoms with Gasteiger partial charge in [0.05, 0.1) is 6.54 Å². The number of hydrogen-bond acceptors (Lipinski definition) is 5. The Morgan fingerprint density at radius 1 is 1.03 bits per heavy atom. The third-order valence-corrected chi connectivity index (χ3v) is 4.07. The molecule has 2 aromatic carbocycles. The second kappa shape index (κ2) is 8.52. The van der Waals surface area contributed by atoms with Crippen molar-refractivity contribution < 1.29 is 18.3 Å². The number of carbonyl (C=O) groups is 1. The molecule has 0 aliphatic carbocycles. The van der Waals surface area contributed by atoms with Gasteiger partial charge in [-0.2, -0.15) is 5.10 Å². The number of ether oxygens (including phenoxy) is 1. The van der Waals surface area contributed by atoms with E-state index in [9.17, 15) is 13.6 Å². The van der Waals surface area contributed by atoms with Crippen molar-refractivity contribution in [3.05, 3.63) is 90.0 Å². The summed E-state index contributed by atoms with van der Waals surface area (Å²) in [6.07, 6.45) is 3.02. The van der Waals surface area contributed by atoms with E-state index in [0.29, 0.717) is 6.54 Å². The number of benzene rings is 2. The topological polar surface area (TPSA) is 86.9 Å². The molecule has 1 N–H and O–H groups in total. The van der Waals surface area contributed by atoms with Gasteiger partial charge < -0.3 is 4.74 Å². The first-order valence-electron chi connectivity index (χ1n) is 8.93. The van der Waals surface area contributed by atoms with E-state index < -0.39 is 17.5 Å². The van der Waals surface area contributed by atoms with Gasteiger partial charge in [-0.15, -0.1) is 5.10 Å². The summed E-state index contributed by atoms with van der Waals surface area (Å²) in [7, 11) is 0. The van der Waals surface area contributed by atoms with Gasteiger partial charge in [0.2, 0.25) is 5.95 Å². The van der Waals surface area contributed by atoms with E-state index in [-0.39, 0.29) is 24.1 Å². The van der Waals surface area contributed by atoms with Crippen LogP contribution in [0.4, 0.5) is 14.7 Å². The van der Waals surface area contributed by atoms with Crippen LogP contribution in [0, 0.1) is 11.6 Å². The van der Waals surface area contributed by atoms with Crippen LogP contribution in [0.3, 0.4) is 0 Å². The summed E-state index contributed by atoms with van der Waals surface area (Å²) >= 11 is 0. The minimum Gasteiger partial charge on any atom is -0.468 e. The quantitative estimate of drug-likeness (QED) is 0.506. The SMILES string of the molecule is O=C(Nc1ncn(Cc2ccccc2)n1)c1ccn(COc2ccc(F)cc2F)n1. The van der Waals surface area contributed by atoms with Crippen molar-refractivity contribution in [3.8, 4) is 5.75 Å². The van der Waals surface area contributed by atoms with Crippen LogP contribution in [-0.4, -0.2) is 30.5 Å². The van der Waals surface area contributed by atoms with Gasteiger partial charge in [0.1, 0.15) is 12.1 Å². The zero-order valence-corrected chi connectivity index (χ0v) is 15.6. The Morgan fingerprint density at radius 3 is 2.67 bits per heavy atom. The van der Waals surface area contributed by atoms with Crippen molar-refractivity contribution in [2.24, 2.45) is 0 Å². The van der Waals surface area contributed by atoms with Gasteiger partial charge in [-0.25, -0.2) is 23.1 Å². The zero-order valence-electron chi connectivity index (χ0n) is 15.6. The van der Waals surface area contributed by atoms with Gasteiger partial charge in [0, 0.05) is 12.3 Å². The van der Waals surface area contributed by atoms with Gasteiger partial charge in [-0.3, -0.25) is 10.1 Å². The number of amides is 1. The molecule has 10 heteroatoms. The molecule has 8 nitrogen and oxygen atoms in total. The molecule has 0 spiro atoms. The molecule has 0 aliphatic rings. The second-order valence-electron chi connectivity index (χ2n) is 6.29. The van der Waals surface area contributed by atoms with Crippen LogP contribution in [0.15, 0.2) is 67.1 Å². The Bertz CT molecular complexity index is 1160. The lowest BCUT2D eigenvalue weighted by molar-refractivity contribution is 0.101. The molecular weight excluding hydrogens is 394 g/mol. The molecule has 0 unspecified atom stereocenters. The van der Waals surface area contributed by atoms with Gasteiger partial charge in [-0.1, -0.05) is 30.3 Å². The average molecular weight is 410 g/mol. The number of nitrogens with zero attached hydrogens (tertiary/aromatic N) is 5. The first kappa shape index (κ1) is 19.2. The number of anilines is 1. The summed E-state index contributed by atoms with van der Waals surface area (Å²) in [6, 6.07) is 14.2. The summed E-state index contributed by atoms with van der Waals surface area (Å²) in [5, 5.41) is 10.8. The molecule has 0 saturated carbocycles. The number of nitrogens with one attached hydrogen (secondary N) is 1. The van der Waals surface area contributed by atoms with E-state index in [0.717, 1.165) is 17.7 Å². The first-order chi connectivity index (χ1) is 14.6. The van der Waals surface area contributed by atoms with Crippen LogP contribution in [0.1, 0.15) is 16.1 Å². The maximum Gasteiger partial charge on any atom is 0.278 e. The smallest absolute Gasteiger partial charge is 0.278 e. The zero-order chi connectivity index (χ0) is 20.9. The highest BCUT2D eigenvalue weighted by atomic mass is 19.1. The van der Waals surface area contributed by atoms with Crippen LogP contribution < -0.4 is 10.1 Å². The van der Waals surface area contributed by atoms with Crippen LogP contribution >= 0.6 is 0 Å². The molecule has 0 fully saturated rings. The lowest BCUT2D eigenvalue weighted by Gasteiger charge is -2.07. The van der Waals surface area contributed by atoms with Crippen LogP contribution in [0.5, 0.6) is 5.75 Å². The van der Waals surface area contributed by atoms with Crippen molar-refractivity contribution in [1.29, 1.82) is 0 Å². The molecule has 4 rings (SSSR count). The molecule has 0 saturated heterocycles. The number of rotatable bonds is 7. The lowest BCUT2D eigenvalue weighted by Crippen LogP contribution is -2.15. The predicted molar refractivity (Wildman–Crippen MR) is 103 cm³/mol. The molecule has 2 aromatic heterocycles. The molecule has 2 heterocycles. The highest BCUT2D eigenvalue weighted by Gasteiger charge is 2.13. The van der Waals surface area contributed by atoms with Crippen LogP contribution in [-0.2, 0) is 13.3 Å². The second-order valence-corrected chi connectivity index (χ2v) is 6.29. The maximum atomic E-state index is 13.6. The molecule has 0 bridgehead atoms.